The molecule has 2 rings (SSSR count). The van der Waals surface area contributed by atoms with Gasteiger partial charge >= 0.3 is 0 Å². The molecule has 3 N–H and O–H groups in total. The van der Waals surface area contributed by atoms with Gasteiger partial charge in [-0.15, -0.1) is 0 Å². The first-order valence-electron chi connectivity index (χ1n) is 7.48. The zero-order valence-corrected chi connectivity index (χ0v) is 12.9. The quantitative estimate of drug-likeness (QED) is 0.839. The minimum Gasteiger partial charge on any atom is -0.397 e. The molecule has 1 fully saturated rings. The molecule has 2 unspecified atom stereocenters. The van der Waals surface area contributed by atoms with Gasteiger partial charge in [0.25, 0.3) is 0 Å². The highest BCUT2D eigenvalue weighted by Gasteiger charge is 2.31. The summed E-state index contributed by atoms with van der Waals surface area (Å²) in [4.78, 5) is 14.5. The third kappa shape index (κ3) is 3.73. The number of amides is 1. The van der Waals surface area contributed by atoms with Crippen LogP contribution in [0.4, 0.5) is 15.8 Å². The Morgan fingerprint density at radius 2 is 2.14 bits per heavy atom. The van der Waals surface area contributed by atoms with E-state index in [9.17, 15) is 9.18 Å². The number of halogens is 1. The van der Waals surface area contributed by atoms with E-state index in [1.807, 2.05) is 6.92 Å². The molecule has 1 aliphatic heterocycles. The van der Waals surface area contributed by atoms with Crippen molar-refractivity contribution in [2.24, 2.45) is 11.8 Å². The standard InChI is InChI=1S/C16H24FN3O/c1-10(2)12-6-7-20(9-12)11(3)16(21)19-15-5-4-13(17)8-14(15)18/h4-5,8,10-12H,6-7,9,18H2,1-3H3,(H,19,21). The van der Waals surface area contributed by atoms with Crippen LogP contribution in [0.1, 0.15) is 27.2 Å². The Morgan fingerprint density at radius 3 is 2.71 bits per heavy atom. The van der Waals surface area contributed by atoms with Gasteiger partial charge in [0.1, 0.15) is 5.82 Å². The third-order valence-electron chi connectivity index (χ3n) is 4.40. The van der Waals surface area contributed by atoms with Gasteiger partial charge < -0.3 is 11.1 Å². The number of rotatable bonds is 4. The van der Waals surface area contributed by atoms with Crippen molar-refractivity contribution in [3.8, 4) is 0 Å². The molecule has 0 radical (unpaired) electrons. The zero-order chi connectivity index (χ0) is 15.6. The van der Waals surface area contributed by atoms with Gasteiger partial charge in [0.15, 0.2) is 0 Å². The second kappa shape index (κ2) is 6.43. The Balaban J connectivity index is 1.97. The van der Waals surface area contributed by atoms with Crippen LogP contribution in [0.2, 0.25) is 0 Å². The molecule has 4 nitrogen and oxygen atoms in total. The Morgan fingerprint density at radius 1 is 1.43 bits per heavy atom. The van der Waals surface area contributed by atoms with Gasteiger partial charge in [-0.1, -0.05) is 13.8 Å². The number of carbonyl (C=O) groups is 1. The summed E-state index contributed by atoms with van der Waals surface area (Å²) in [7, 11) is 0. The summed E-state index contributed by atoms with van der Waals surface area (Å²) in [5.74, 6) is 0.782. The van der Waals surface area contributed by atoms with Crippen LogP contribution in [0.5, 0.6) is 0 Å². The van der Waals surface area contributed by atoms with Crippen LogP contribution in [-0.2, 0) is 4.79 Å². The van der Waals surface area contributed by atoms with Gasteiger partial charge in [0.05, 0.1) is 17.4 Å². The van der Waals surface area contributed by atoms with E-state index in [1.54, 1.807) is 0 Å². The minimum atomic E-state index is -0.405. The molecule has 0 saturated carbocycles. The molecule has 116 valence electrons. The largest absolute Gasteiger partial charge is 0.397 e. The number of nitrogens with zero attached hydrogens (tertiary/aromatic N) is 1. The lowest BCUT2D eigenvalue weighted by atomic mass is 9.95. The van der Waals surface area contributed by atoms with Crippen LogP contribution in [0.3, 0.4) is 0 Å². The number of carbonyl (C=O) groups excluding carboxylic acids is 1. The number of anilines is 2. The van der Waals surface area contributed by atoms with E-state index in [2.05, 4.69) is 24.1 Å². The lowest BCUT2D eigenvalue weighted by Crippen LogP contribution is -2.41. The highest BCUT2D eigenvalue weighted by Crippen LogP contribution is 2.26. The molecule has 1 saturated heterocycles. The van der Waals surface area contributed by atoms with E-state index in [0.717, 1.165) is 19.5 Å². The van der Waals surface area contributed by atoms with E-state index in [4.69, 9.17) is 5.73 Å². The molecule has 1 aromatic carbocycles. The van der Waals surface area contributed by atoms with E-state index in [1.165, 1.54) is 18.2 Å². The maximum Gasteiger partial charge on any atom is 0.241 e. The maximum absolute atomic E-state index is 13.0. The molecule has 21 heavy (non-hydrogen) atoms. The zero-order valence-electron chi connectivity index (χ0n) is 12.9. The third-order valence-corrected chi connectivity index (χ3v) is 4.40. The predicted molar refractivity (Wildman–Crippen MR) is 83.4 cm³/mol. The molecular formula is C16H24FN3O. The maximum atomic E-state index is 13.0. The van der Waals surface area contributed by atoms with Crippen molar-refractivity contribution in [1.29, 1.82) is 0 Å². The molecule has 2 atom stereocenters. The number of nitrogen functional groups attached to an aromatic ring is 1. The topological polar surface area (TPSA) is 58.4 Å². The summed E-state index contributed by atoms with van der Waals surface area (Å²) in [5, 5.41) is 2.79. The van der Waals surface area contributed by atoms with Gasteiger partial charge in [0, 0.05) is 6.54 Å². The summed E-state index contributed by atoms with van der Waals surface area (Å²) in [6, 6.07) is 3.79. The van der Waals surface area contributed by atoms with Crippen LogP contribution < -0.4 is 11.1 Å². The number of nitrogens with one attached hydrogen (secondary N) is 1. The van der Waals surface area contributed by atoms with Crippen LogP contribution in [0, 0.1) is 17.7 Å². The van der Waals surface area contributed by atoms with E-state index in [0.29, 0.717) is 17.5 Å². The molecule has 0 bridgehead atoms. The second-order valence-corrected chi connectivity index (χ2v) is 6.18. The summed E-state index contributed by atoms with van der Waals surface area (Å²) < 4.78 is 13.0. The summed E-state index contributed by atoms with van der Waals surface area (Å²) >= 11 is 0. The van der Waals surface area contributed by atoms with Gasteiger partial charge in [0.2, 0.25) is 5.91 Å². The highest BCUT2D eigenvalue weighted by molar-refractivity contribution is 5.97. The van der Waals surface area contributed by atoms with E-state index < -0.39 is 5.82 Å². The minimum absolute atomic E-state index is 0.0993. The van der Waals surface area contributed by atoms with Crippen molar-refractivity contribution in [2.45, 2.75) is 33.2 Å². The first-order valence-corrected chi connectivity index (χ1v) is 7.48. The van der Waals surface area contributed by atoms with E-state index in [-0.39, 0.29) is 17.6 Å². The molecular weight excluding hydrogens is 269 g/mol. The lowest BCUT2D eigenvalue weighted by molar-refractivity contribution is -0.120. The normalized spacial score (nSPS) is 20.7. The second-order valence-electron chi connectivity index (χ2n) is 6.18. The van der Waals surface area contributed by atoms with E-state index >= 15 is 0 Å². The smallest absolute Gasteiger partial charge is 0.241 e. The number of nitrogens with two attached hydrogens (primary N) is 1. The van der Waals surface area contributed by atoms with Crippen molar-refractivity contribution in [3.63, 3.8) is 0 Å². The SMILES string of the molecule is CC(C)C1CCN(C(C)C(=O)Nc2ccc(F)cc2N)C1. The number of hydrogen-bond acceptors (Lipinski definition) is 3. The Labute approximate surface area is 125 Å². The van der Waals surface area contributed by atoms with Crippen LogP contribution in [0.15, 0.2) is 18.2 Å². The van der Waals surface area contributed by atoms with Crippen molar-refractivity contribution in [1.82, 2.24) is 4.90 Å². The summed E-state index contributed by atoms with van der Waals surface area (Å²) in [6.07, 6.45) is 1.13. The average Bonchev–Trinajstić information content (AvgIpc) is 2.90. The molecule has 1 aliphatic rings. The first kappa shape index (κ1) is 15.8. The number of likely N-dealkylation sites (tertiary alicyclic amines) is 1. The molecule has 0 aromatic heterocycles. The van der Waals surface area contributed by atoms with Crippen molar-refractivity contribution < 1.29 is 9.18 Å². The Bertz CT molecular complexity index is 518. The monoisotopic (exact) mass is 293 g/mol. The van der Waals surface area contributed by atoms with Gasteiger partial charge in [-0.05, 0) is 49.9 Å². The molecule has 1 amide bonds. The molecule has 0 spiro atoms. The average molecular weight is 293 g/mol. The van der Waals surface area contributed by atoms with Crippen molar-refractivity contribution in [3.05, 3.63) is 24.0 Å². The molecule has 5 heteroatoms. The molecule has 0 aliphatic carbocycles. The van der Waals surface area contributed by atoms with Gasteiger partial charge in [-0.2, -0.15) is 0 Å². The summed E-state index contributed by atoms with van der Waals surface area (Å²) in [5.41, 5.74) is 6.43. The number of benzene rings is 1. The Kier molecular flexibility index (Phi) is 4.83. The molecule has 1 heterocycles. The Hall–Kier alpha value is -1.62. The lowest BCUT2D eigenvalue weighted by Gasteiger charge is -2.24. The van der Waals surface area contributed by atoms with Gasteiger partial charge in [-0.25, -0.2) is 4.39 Å². The van der Waals surface area contributed by atoms with Crippen molar-refractivity contribution in [2.75, 3.05) is 24.1 Å². The van der Waals surface area contributed by atoms with Crippen LogP contribution >= 0.6 is 0 Å². The van der Waals surface area contributed by atoms with Crippen molar-refractivity contribution >= 4 is 17.3 Å². The predicted octanol–water partition coefficient (Wildman–Crippen LogP) is 2.71. The van der Waals surface area contributed by atoms with Gasteiger partial charge in [-0.3, -0.25) is 9.69 Å². The fourth-order valence-electron chi connectivity index (χ4n) is 2.76. The first-order chi connectivity index (χ1) is 9.88. The fraction of sp³-hybridized carbons (Fsp3) is 0.562. The fourth-order valence-corrected chi connectivity index (χ4v) is 2.76. The highest BCUT2D eigenvalue weighted by atomic mass is 19.1. The molecule has 1 aromatic rings. The number of hydrogen-bond donors (Lipinski definition) is 2. The van der Waals surface area contributed by atoms with Crippen LogP contribution in [0.25, 0.3) is 0 Å². The summed E-state index contributed by atoms with van der Waals surface area (Å²) in [6.45, 7) is 8.23. The van der Waals surface area contributed by atoms with Crippen LogP contribution in [-0.4, -0.2) is 29.9 Å².